The number of rotatable bonds is 0. The minimum absolute atomic E-state index is 0.0999. The van der Waals surface area contributed by atoms with E-state index < -0.39 is 12.2 Å². The lowest BCUT2D eigenvalue weighted by Crippen LogP contribution is -2.57. The SMILES string of the molecule is CC(C)(C)C1=CC2=NC3(CCCCC3)[C@H]3C[C@H](O)[C@H](O)[C@H]3N2O1. The Hall–Kier alpha value is -1.07. The van der Waals surface area contributed by atoms with Crippen molar-refractivity contribution in [3.05, 3.63) is 11.8 Å². The van der Waals surface area contributed by atoms with E-state index in [4.69, 9.17) is 9.83 Å². The fraction of sp³-hybridized carbons (Fsp3) is 0.833. The number of hydroxylamine groups is 2. The van der Waals surface area contributed by atoms with Crippen LogP contribution in [-0.2, 0) is 4.84 Å². The summed E-state index contributed by atoms with van der Waals surface area (Å²) < 4.78 is 0. The van der Waals surface area contributed by atoms with E-state index in [0.717, 1.165) is 24.4 Å². The maximum atomic E-state index is 10.6. The van der Waals surface area contributed by atoms with Crippen molar-refractivity contribution in [2.45, 2.75) is 83.1 Å². The molecule has 4 atom stereocenters. The van der Waals surface area contributed by atoms with Crippen molar-refractivity contribution in [1.82, 2.24) is 5.06 Å². The predicted molar refractivity (Wildman–Crippen MR) is 87.6 cm³/mol. The van der Waals surface area contributed by atoms with Crippen LogP contribution in [0.25, 0.3) is 0 Å². The molecule has 4 rings (SSSR count). The van der Waals surface area contributed by atoms with E-state index in [1.54, 1.807) is 5.06 Å². The first-order chi connectivity index (χ1) is 10.8. The summed E-state index contributed by atoms with van der Waals surface area (Å²) in [6, 6.07) is -0.188. The van der Waals surface area contributed by atoms with Crippen LogP contribution in [-0.4, -0.2) is 44.9 Å². The Labute approximate surface area is 138 Å². The van der Waals surface area contributed by atoms with Crippen LogP contribution in [0.3, 0.4) is 0 Å². The second kappa shape index (κ2) is 4.96. The number of hydrogen-bond donors (Lipinski definition) is 2. The lowest BCUT2D eigenvalue weighted by Gasteiger charge is -2.48. The molecule has 5 nitrogen and oxygen atoms in total. The van der Waals surface area contributed by atoms with Gasteiger partial charge in [-0.05, 0) is 19.3 Å². The molecule has 2 saturated carbocycles. The van der Waals surface area contributed by atoms with Crippen LogP contribution in [0, 0.1) is 11.3 Å². The molecule has 5 heteroatoms. The van der Waals surface area contributed by atoms with Gasteiger partial charge in [0.15, 0.2) is 5.84 Å². The fourth-order valence-electron chi connectivity index (χ4n) is 4.81. The standard InChI is InChI=1S/C18H28N2O3/c1-17(2,3)13-10-14-19-18(7-5-4-6-8-18)11-9-12(21)16(22)15(11)20(14)23-13/h10-12,15-16,21-22H,4-9H2,1-3H3/t11-,12-,15-,16-/m0/s1. The van der Waals surface area contributed by atoms with Gasteiger partial charge in [0.05, 0.1) is 11.6 Å². The number of aliphatic imine (C=N–C) groups is 1. The number of hydrogen-bond acceptors (Lipinski definition) is 5. The molecule has 0 unspecified atom stereocenters. The minimum atomic E-state index is -0.767. The van der Waals surface area contributed by atoms with Gasteiger partial charge in [0.25, 0.3) is 0 Å². The number of fused-ring (bicyclic) bond motifs is 4. The van der Waals surface area contributed by atoms with Gasteiger partial charge in [-0.15, -0.1) is 0 Å². The summed E-state index contributed by atoms with van der Waals surface area (Å²) in [7, 11) is 0. The number of aliphatic hydroxyl groups is 2. The highest BCUT2D eigenvalue weighted by Crippen LogP contribution is 2.51. The van der Waals surface area contributed by atoms with E-state index in [2.05, 4.69) is 20.8 Å². The molecule has 0 saturated heterocycles. The van der Waals surface area contributed by atoms with Gasteiger partial charge < -0.3 is 15.1 Å². The molecule has 0 amide bonds. The maximum Gasteiger partial charge on any atom is 0.163 e. The summed E-state index contributed by atoms with van der Waals surface area (Å²) in [5.74, 6) is 1.90. The van der Waals surface area contributed by atoms with Crippen molar-refractivity contribution in [2.24, 2.45) is 16.3 Å². The van der Waals surface area contributed by atoms with Gasteiger partial charge in [0.1, 0.15) is 17.9 Å². The second-order valence-electron chi connectivity index (χ2n) is 8.70. The van der Waals surface area contributed by atoms with Crippen molar-refractivity contribution in [3.63, 3.8) is 0 Å². The molecule has 23 heavy (non-hydrogen) atoms. The summed E-state index contributed by atoms with van der Waals surface area (Å²) in [4.78, 5) is 11.2. The van der Waals surface area contributed by atoms with E-state index in [-0.39, 0.29) is 22.9 Å². The third kappa shape index (κ3) is 2.23. The molecule has 0 radical (unpaired) electrons. The fourth-order valence-corrected chi connectivity index (χ4v) is 4.81. The van der Waals surface area contributed by atoms with Gasteiger partial charge in [0, 0.05) is 17.4 Å². The summed E-state index contributed by atoms with van der Waals surface area (Å²) in [5, 5.41) is 22.7. The zero-order chi connectivity index (χ0) is 16.4. The molecule has 0 bridgehead atoms. The van der Waals surface area contributed by atoms with Crippen molar-refractivity contribution in [1.29, 1.82) is 0 Å². The number of allylic oxidation sites excluding steroid dienone is 1. The third-order valence-corrected chi connectivity index (χ3v) is 6.09. The molecular weight excluding hydrogens is 292 g/mol. The maximum absolute atomic E-state index is 10.6. The Kier molecular flexibility index (Phi) is 3.34. The predicted octanol–water partition coefficient (Wildman–Crippen LogP) is 2.39. The highest BCUT2D eigenvalue weighted by molar-refractivity contribution is 5.95. The van der Waals surface area contributed by atoms with Crippen LogP contribution in [0.2, 0.25) is 0 Å². The van der Waals surface area contributed by atoms with Gasteiger partial charge in [-0.1, -0.05) is 40.0 Å². The molecular formula is C18H28N2O3. The lowest BCUT2D eigenvalue weighted by atomic mass is 9.70. The van der Waals surface area contributed by atoms with Gasteiger partial charge >= 0.3 is 0 Å². The Morgan fingerprint density at radius 3 is 2.57 bits per heavy atom. The molecule has 0 aromatic rings. The molecule has 2 aliphatic heterocycles. The zero-order valence-corrected chi connectivity index (χ0v) is 14.3. The first-order valence-electron chi connectivity index (χ1n) is 8.97. The molecule has 2 heterocycles. The second-order valence-corrected chi connectivity index (χ2v) is 8.70. The number of nitrogens with zero attached hydrogens (tertiary/aromatic N) is 2. The smallest absolute Gasteiger partial charge is 0.163 e. The topological polar surface area (TPSA) is 65.3 Å². The van der Waals surface area contributed by atoms with E-state index in [1.807, 2.05) is 6.08 Å². The quantitative estimate of drug-likeness (QED) is 0.719. The largest absolute Gasteiger partial charge is 0.390 e. The molecule has 2 fully saturated rings. The molecule has 0 aromatic heterocycles. The minimum Gasteiger partial charge on any atom is -0.390 e. The highest BCUT2D eigenvalue weighted by Gasteiger charge is 2.59. The van der Waals surface area contributed by atoms with Gasteiger partial charge in [-0.2, -0.15) is 5.06 Å². The Morgan fingerprint density at radius 2 is 1.91 bits per heavy atom. The Balaban J connectivity index is 1.77. The van der Waals surface area contributed by atoms with Gasteiger partial charge in [-0.3, -0.25) is 4.99 Å². The Morgan fingerprint density at radius 1 is 1.22 bits per heavy atom. The normalized spacial score (nSPS) is 38.7. The summed E-state index contributed by atoms with van der Waals surface area (Å²) in [6.45, 7) is 6.35. The lowest BCUT2D eigenvalue weighted by molar-refractivity contribution is -0.144. The highest BCUT2D eigenvalue weighted by atomic mass is 16.7. The van der Waals surface area contributed by atoms with Crippen molar-refractivity contribution < 1.29 is 15.1 Å². The number of amidine groups is 1. The molecule has 2 aliphatic carbocycles. The van der Waals surface area contributed by atoms with E-state index in [9.17, 15) is 10.2 Å². The van der Waals surface area contributed by atoms with Crippen LogP contribution in [0.5, 0.6) is 0 Å². The van der Waals surface area contributed by atoms with Crippen LogP contribution < -0.4 is 0 Å². The van der Waals surface area contributed by atoms with Crippen LogP contribution in [0.4, 0.5) is 0 Å². The first-order valence-corrected chi connectivity index (χ1v) is 8.97. The summed E-state index contributed by atoms with van der Waals surface area (Å²) in [5.41, 5.74) is -0.225. The van der Waals surface area contributed by atoms with Crippen molar-refractivity contribution >= 4 is 5.84 Å². The zero-order valence-electron chi connectivity index (χ0n) is 14.3. The van der Waals surface area contributed by atoms with Crippen molar-refractivity contribution in [3.8, 4) is 0 Å². The molecule has 1 spiro atoms. The van der Waals surface area contributed by atoms with E-state index >= 15 is 0 Å². The molecule has 128 valence electrons. The van der Waals surface area contributed by atoms with Gasteiger partial charge in [-0.25, -0.2) is 0 Å². The molecule has 2 N–H and O–H groups in total. The first kappa shape index (κ1) is 15.5. The van der Waals surface area contributed by atoms with Crippen molar-refractivity contribution in [2.75, 3.05) is 0 Å². The van der Waals surface area contributed by atoms with Gasteiger partial charge in [0.2, 0.25) is 0 Å². The monoisotopic (exact) mass is 320 g/mol. The van der Waals surface area contributed by atoms with E-state index in [1.165, 1.54) is 19.3 Å². The van der Waals surface area contributed by atoms with Crippen LogP contribution >= 0.6 is 0 Å². The Bertz CT molecular complexity index is 557. The average molecular weight is 320 g/mol. The van der Waals surface area contributed by atoms with Crippen LogP contribution in [0.15, 0.2) is 16.8 Å². The molecule has 0 aromatic carbocycles. The number of aliphatic hydroxyl groups excluding tert-OH is 2. The summed E-state index contributed by atoms with van der Waals surface area (Å²) >= 11 is 0. The molecule has 4 aliphatic rings. The third-order valence-electron chi connectivity index (χ3n) is 6.09. The summed E-state index contributed by atoms with van der Waals surface area (Å²) in [6.07, 6.45) is 6.95. The van der Waals surface area contributed by atoms with E-state index in [0.29, 0.717) is 6.42 Å². The average Bonchev–Trinajstić information content (AvgIpc) is 3.03. The van der Waals surface area contributed by atoms with Crippen LogP contribution in [0.1, 0.15) is 59.3 Å².